The van der Waals surface area contributed by atoms with Crippen molar-refractivity contribution in [1.82, 2.24) is 0 Å². The third kappa shape index (κ3) is 43.0. The molecule has 0 radical (unpaired) electrons. The van der Waals surface area contributed by atoms with Crippen LogP contribution in [0.2, 0.25) is 0 Å². The van der Waals surface area contributed by atoms with Gasteiger partial charge in [0.15, 0.2) is 6.10 Å². The summed E-state index contributed by atoms with van der Waals surface area (Å²) >= 11 is 0. The van der Waals surface area contributed by atoms with E-state index >= 15 is 0 Å². The molecule has 0 fully saturated rings. The molecule has 0 aliphatic heterocycles. The van der Waals surface area contributed by atoms with Crippen molar-refractivity contribution in [2.24, 2.45) is 0 Å². The van der Waals surface area contributed by atoms with Gasteiger partial charge in [-0.2, -0.15) is 0 Å². The minimum absolute atomic E-state index is 0.0696. The lowest BCUT2D eigenvalue weighted by Gasteiger charge is -2.18. The van der Waals surface area contributed by atoms with E-state index in [0.29, 0.717) is 19.3 Å². The second-order valence-corrected chi connectivity index (χ2v) is 16.4. The third-order valence-corrected chi connectivity index (χ3v) is 10.7. The van der Waals surface area contributed by atoms with Gasteiger partial charge < -0.3 is 14.2 Å². The van der Waals surface area contributed by atoms with Crippen LogP contribution in [0.3, 0.4) is 0 Å². The average Bonchev–Trinajstić information content (AvgIpc) is 3.19. The number of carbonyl (C=O) groups excluding carboxylic acids is 3. The van der Waals surface area contributed by atoms with Crippen molar-refractivity contribution < 1.29 is 28.6 Å². The van der Waals surface area contributed by atoms with E-state index in [1.54, 1.807) is 0 Å². The molecule has 0 aromatic heterocycles. The predicted molar refractivity (Wildman–Crippen MR) is 238 cm³/mol. The molecule has 0 saturated carbocycles. The van der Waals surface area contributed by atoms with Gasteiger partial charge in [0, 0.05) is 19.3 Å². The summed E-state index contributed by atoms with van der Waals surface area (Å²) in [5.74, 6) is -0.874. The quantitative estimate of drug-likeness (QED) is 0.0265. The van der Waals surface area contributed by atoms with Crippen LogP contribution in [0.1, 0.15) is 258 Å². The normalized spacial score (nSPS) is 12.1. The molecule has 6 heteroatoms. The Balaban J connectivity index is 4.19. The molecule has 0 heterocycles. The van der Waals surface area contributed by atoms with Gasteiger partial charge in [-0.3, -0.25) is 14.4 Å². The lowest BCUT2D eigenvalue weighted by Crippen LogP contribution is -2.30. The highest BCUT2D eigenvalue weighted by atomic mass is 16.6. The molecule has 0 spiro atoms. The molecular weight excluding hydrogens is 697 g/mol. The fourth-order valence-corrected chi connectivity index (χ4v) is 7.00. The second kappa shape index (κ2) is 45.6. The predicted octanol–water partition coefficient (Wildman–Crippen LogP) is 15.6. The van der Waals surface area contributed by atoms with Crippen LogP contribution in [0.5, 0.6) is 0 Å². The summed E-state index contributed by atoms with van der Waals surface area (Å²) in [5, 5.41) is 0. The van der Waals surface area contributed by atoms with E-state index in [2.05, 4.69) is 45.1 Å². The van der Waals surface area contributed by atoms with Crippen molar-refractivity contribution >= 4 is 17.9 Å². The first-order chi connectivity index (χ1) is 27.5. The number of unbranched alkanes of at least 4 members (excludes halogenated alkanes) is 29. The summed E-state index contributed by atoms with van der Waals surface area (Å²) < 4.78 is 16.7. The molecule has 56 heavy (non-hydrogen) atoms. The number of ether oxygens (including phenoxy) is 3. The summed E-state index contributed by atoms with van der Waals surface area (Å²) in [5.41, 5.74) is 0. The van der Waals surface area contributed by atoms with E-state index in [1.807, 2.05) is 0 Å². The van der Waals surface area contributed by atoms with Crippen molar-refractivity contribution in [1.29, 1.82) is 0 Å². The largest absolute Gasteiger partial charge is 0.462 e. The minimum atomic E-state index is -0.764. The zero-order valence-electron chi connectivity index (χ0n) is 37.4. The molecule has 0 aromatic carbocycles. The smallest absolute Gasteiger partial charge is 0.306 e. The van der Waals surface area contributed by atoms with Crippen molar-refractivity contribution in [2.75, 3.05) is 13.2 Å². The maximum atomic E-state index is 12.7. The first-order valence-corrected chi connectivity index (χ1v) is 24.3. The van der Waals surface area contributed by atoms with Crippen LogP contribution in [0, 0.1) is 0 Å². The Morgan fingerprint density at radius 1 is 0.357 bits per heavy atom. The summed E-state index contributed by atoms with van der Waals surface area (Å²) in [6.07, 6.45) is 50.4. The van der Waals surface area contributed by atoms with Crippen molar-refractivity contribution in [3.05, 3.63) is 24.3 Å². The number of allylic oxidation sites excluding steroid dienone is 4. The Labute approximate surface area is 347 Å². The molecule has 0 N–H and O–H groups in total. The van der Waals surface area contributed by atoms with E-state index in [-0.39, 0.29) is 31.1 Å². The second-order valence-electron chi connectivity index (χ2n) is 16.4. The van der Waals surface area contributed by atoms with Crippen LogP contribution in [0.25, 0.3) is 0 Å². The highest BCUT2D eigenvalue weighted by Crippen LogP contribution is 2.15. The molecule has 0 saturated heterocycles. The summed E-state index contributed by atoms with van der Waals surface area (Å²) in [6, 6.07) is 0. The lowest BCUT2D eigenvalue weighted by atomic mass is 10.0. The van der Waals surface area contributed by atoms with E-state index in [0.717, 1.165) is 64.2 Å². The molecule has 0 aliphatic rings. The van der Waals surface area contributed by atoms with E-state index in [1.165, 1.54) is 154 Å². The molecule has 6 nitrogen and oxygen atoms in total. The van der Waals surface area contributed by atoms with Crippen LogP contribution in [0.4, 0.5) is 0 Å². The topological polar surface area (TPSA) is 78.9 Å². The maximum Gasteiger partial charge on any atom is 0.306 e. The molecule has 0 rings (SSSR count). The van der Waals surface area contributed by atoms with Crippen LogP contribution in [-0.4, -0.2) is 37.2 Å². The van der Waals surface area contributed by atoms with Crippen molar-refractivity contribution in [3.8, 4) is 0 Å². The highest BCUT2D eigenvalue weighted by Gasteiger charge is 2.19. The van der Waals surface area contributed by atoms with Crippen LogP contribution in [0.15, 0.2) is 24.3 Å². The molecule has 1 atom stereocenters. The summed E-state index contributed by atoms with van der Waals surface area (Å²) in [7, 11) is 0. The molecular formula is C50H92O6. The van der Waals surface area contributed by atoms with Crippen molar-refractivity contribution in [2.45, 2.75) is 264 Å². The van der Waals surface area contributed by atoms with E-state index in [9.17, 15) is 14.4 Å². The Kier molecular flexibility index (Phi) is 43.9. The maximum absolute atomic E-state index is 12.7. The Morgan fingerprint density at radius 2 is 0.643 bits per heavy atom. The molecule has 0 bridgehead atoms. The third-order valence-electron chi connectivity index (χ3n) is 10.7. The van der Waals surface area contributed by atoms with Gasteiger partial charge in [0.1, 0.15) is 13.2 Å². The zero-order chi connectivity index (χ0) is 40.8. The number of carbonyl (C=O) groups is 3. The number of esters is 3. The fourth-order valence-electron chi connectivity index (χ4n) is 7.00. The van der Waals surface area contributed by atoms with Crippen molar-refractivity contribution in [3.63, 3.8) is 0 Å². The van der Waals surface area contributed by atoms with Gasteiger partial charge in [-0.05, 0) is 51.4 Å². The monoisotopic (exact) mass is 789 g/mol. The van der Waals surface area contributed by atoms with Gasteiger partial charge in [0.05, 0.1) is 0 Å². The fraction of sp³-hybridized carbons (Fsp3) is 0.860. The molecule has 0 aliphatic carbocycles. The van der Waals surface area contributed by atoms with Crippen LogP contribution >= 0.6 is 0 Å². The Bertz CT molecular complexity index is 911. The van der Waals surface area contributed by atoms with Gasteiger partial charge in [0.2, 0.25) is 0 Å². The first-order valence-electron chi connectivity index (χ1n) is 24.3. The van der Waals surface area contributed by atoms with Gasteiger partial charge in [0.25, 0.3) is 0 Å². The molecule has 1 unspecified atom stereocenters. The SMILES string of the molecule is CCCCC/C=C\C/C=C\CCCCCCCCCCCC(=O)OCC(COC(=O)CCCCCCCC)OC(=O)CCCCCCCCCCCCCCC. The van der Waals surface area contributed by atoms with Gasteiger partial charge in [-0.25, -0.2) is 0 Å². The number of hydrogen-bond acceptors (Lipinski definition) is 6. The van der Waals surface area contributed by atoms with Gasteiger partial charge >= 0.3 is 17.9 Å². The highest BCUT2D eigenvalue weighted by molar-refractivity contribution is 5.71. The lowest BCUT2D eigenvalue weighted by molar-refractivity contribution is -0.167. The van der Waals surface area contributed by atoms with Gasteiger partial charge in [-0.1, -0.05) is 212 Å². The standard InChI is InChI=1S/C50H92O6/c1-4-7-10-13-16-18-20-22-23-24-25-26-27-29-30-32-34-37-40-43-49(52)55-46-47(45-54-48(51)42-39-36-15-12-9-6-3)56-50(53)44-41-38-35-33-31-28-21-19-17-14-11-8-5-2/h16,18,22-23,47H,4-15,17,19-21,24-46H2,1-3H3/b18-16-,23-22-. The summed E-state index contributed by atoms with van der Waals surface area (Å²) in [6.45, 7) is 6.56. The first kappa shape index (κ1) is 53.9. The summed E-state index contributed by atoms with van der Waals surface area (Å²) in [4.78, 5) is 37.6. The molecule has 0 aromatic rings. The van der Waals surface area contributed by atoms with Crippen LogP contribution in [-0.2, 0) is 28.6 Å². The molecule has 328 valence electrons. The number of hydrogen-bond donors (Lipinski definition) is 0. The van der Waals surface area contributed by atoms with E-state index < -0.39 is 6.10 Å². The van der Waals surface area contributed by atoms with E-state index in [4.69, 9.17) is 14.2 Å². The number of rotatable bonds is 44. The van der Waals surface area contributed by atoms with Crippen LogP contribution < -0.4 is 0 Å². The Morgan fingerprint density at radius 3 is 1.02 bits per heavy atom. The minimum Gasteiger partial charge on any atom is -0.462 e. The molecule has 0 amide bonds. The van der Waals surface area contributed by atoms with Gasteiger partial charge in [-0.15, -0.1) is 0 Å². The average molecular weight is 789 g/mol. The Hall–Kier alpha value is -2.11. The zero-order valence-corrected chi connectivity index (χ0v) is 37.4.